The highest BCUT2D eigenvalue weighted by Crippen LogP contribution is 2.22. The van der Waals surface area contributed by atoms with Gasteiger partial charge in [0.1, 0.15) is 18.1 Å². The molecule has 0 aliphatic carbocycles. The molecule has 7 nitrogen and oxygen atoms in total. The fraction of sp³-hybridized carbons (Fsp3) is 0.450. The van der Waals surface area contributed by atoms with Gasteiger partial charge >= 0.3 is 0 Å². The summed E-state index contributed by atoms with van der Waals surface area (Å²) < 4.78 is 7.09. The molecule has 0 spiro atoms. The minimum atomic E-state index is -0.179. The summed E-state index contributed by atoms with van der Waals surface area (Å²) >= 11 is 6.09. The van der Waals surface area contributed by atoms with E-state index in [1.165, 1.54) is 16.8 Å². The highest BCUT2D eigenvalue weighted by Gasteiger charge is 2.23. The van der Waals surface area contributed by atoms with Crippen LogP contribution < -0.4 is 10.3 Å². The van der Waals surface area contributed by atoms with Crippen molar-refractivity contribution in [1.29, 1.82) is 0 Å². The lowest BCUT2D eigenvalue weighted by Gasteiger charge is -2.34. The van der Waals surface area contributed by atoms with E-state index in [-0.39, 0.29) is 11.5 Å². The predicted octanol–water partition coefficient (Wildman–Crippen LogP) is 2.14. The van der Waals surface area contributed by atoms with Crippen molar-refractivity contribution < 1.29 is 9.53 Å². The zero-order chi connectivity index (χ0) is 19.9. The SMILES string of the molecule is CCCn1nc(C(=O)N2CCN(CCOc3ccccc3Cl)CC2)ccc1=O. The van der Waals surface area contributed by atoms with Crippen LogP contribution in [0.25, 0.3) is 0 Å². The lowest BCUT2D eigenvalue weighted by molar-refractivity contribution is 0.0612. The maximum atomic E-state index is 12.7. The highest BCUT2D eigenvalue weighted by molar-refractivity contribution is 6.32. The van der Waals surface area contributed by atoms with Crippen LogP contribution in [0.2, 0.25) is 5.02 Å². The third-order valence-corrected chi connectivity index (χ3v) is 4.99. The first-order chi connectivity index (χ1) is 13.6. The van der Waals surface area contributed by atoms with E-state index in [2.05, 4.69) is 10.00 Å². The molecule has 0 atom stereocenters. The van der Waals surface area contributed by atoms with Crippen molar-refractivity contribution in [3.63, 3.8) is 0 Å². The van der Waals surface area contributed by atoms with Gasteiger partial charge in [0, 0.05) is 45.3 Å². The largest absolute Gasteiger partial charge is 0.491 e. The van der Waals surface area contributed by atoms with Gasteiger partial charge in [-0.15, -0.1) is 0 Å². The number of aromatic nitrogens is 2. The van der Waals surface area contributed by atoms with Crippen LogP contribution in [0.1, 0.15) is 23.8 Å². The maximum Gasteiger partial charge on any atom is 0.274 e. The number of nitrogens with zero attached hydrogens (tertiary/aromatic N) is 4. The monoisotopic (exact) mass is 404 g/mol. The molecule has 1 aromatic heterocycles. The summed E-state index contributed by atoms with van der Waals surface area (Å²) in [6, 6.07) is 10.3. The zero-order valence-corrected chi connectivity index (χ0v) is 16.8. The Kier molecular flexibility index (Phi) is 7.06. The number of rotatable bonds is 7. The molecule has 0 bridgehead atoms. The van der Waals surface area contributed by atoms with Crippen molar-refractivity contribution >= 4 is 17.5 Å². The molecule has 2 aromatic rings. The lowest BCUT2D eigenvalue weighted by atomic mass is 10.2. The van der Waals surface area contributed by atoms with E-state index in [0.717, 1.165) is 26.1 Å². The Morgan fingerprint density at radius 3 is 2.57 bits per heavy atom. The maximum absolute atomic E-state index is 12.7. The number of benzene rings is 1. The number of hydrogen-bond donors (Lipinski definition) is 0. The minimum absolute atomic E-state index is 0.128. The zero-order valence-electron chi connectivity index (χ0n) is 16.0. The van der Waals surface area contributed by atoms with E-state index < -0.39 is 0 Å². The molecule has 0 saturated carbocycles. The summed E-state index contributed by atoms with van der Waals surface area (Å²) in [5.74, 6) is 0.558. The fourth-order valence-electron chi connectivity index (χ4n) is 3.12. The Morgan fingerprint density at radius 2 is 1.86 bits per heavy atom. The molecular weight excluding hydrogens is 380 g/mol. The molecule has 150 valence electrons. The number of carbonyl (C=O) groups is 1. The van der Waals surface area contributed by atoms with Crippen LogP contribution in [-0.2, 0) is 6.54 Å². The number of piperazine rings is 1. The average molecular weight is 405 g/mol. The Hall–Kier alpha value is -2.38. The molecule has 1 aliphatic heterocycles. The van der Waals surface area contributed by atoms with Crippen LogP contribution in [0, 0.1) is 0 Å². The molecule has 8 heteroatoms. The quantitative estimate of drug-likeness (QED) is 0.707. The van der Waals surface area contributed by atoms with Crippen LogP contribution in [-0.4, -0.2) is 64.8 Å². The predicted molar refractivity (Wildman–Crippen MR) is 108 cm³/mol. The number of carbonyl (C=O) groups excluding carboxylic acids is 1. The summed E-state index contributed by atoms with van der Waals surface area (Å²) in [6.07, 6.45) is 0.791. The standard InChI is InChI=1S/C20H25ClN4O3/c1-2-9-25-19(26)8-7-17(22-25)20(27)24-12-10-23(11-13-24)14-15-28-18-6-4-3-5-16(18)21/h3-8H,2,9-15H2,1H3. The van der Waals surface area contributed by atoms with Crippen LogP contribution >= 0.6 is 11.6 Å². The van der Waals surface area contributed by atoms with Crippen molar-refractivity contribution in [1.82, 2.24) is 19.6 Å². The highest BCUT2D eigenvalue weighted by atomic mass is 35.5. The second-order valence-electron chi connectivity index (χ2n) is 6.69. The van der Waals surface area contributed by atoms with Gasteiger partial charge in [0.25, 0.3) is 11.5 Å². The fourth-order valence-corrected chi connectivity index (χ4v) is 3.31. The molecule has 1 aliphatic rings. The van der Waals surface area contributed by atoms with Crippen LogP contribution in [0.5, 0.6) is 5.75 Å². The van der Waals surface area contributed by atoms with Crippen LogP contribution in [0.4, 0.5) is 0 Å². The number of halogens is 1. The first-order valence-corrected chi connectivity index (χ1v) is 9.93. The second-order valence-corrected chi connectivity index (χ2v) is 7.10. The molecule has 1 aromatic carbocycles. The van der Waals surface area contributed by atoms with Gasteiger partial charge in [0.05, 0.1) is 5.02 Å². The van der Waals surface area contributed by atoms with E-state index in [1.54, 1.807) is 11.0 Å². The Morgan fingerprint density at radius 1 is 1.11 bits per heavy atom. The third-order valence-electron chi connectivity index (χ3n) is 4.68. The van der Waals surface area contributed by atoms with E-state index in [4.69, 9.17) is 16.3 Å². The van der Waals surface area contributed by atoms with Gasteiger partial charge in [-0.3, -0.25) is 14.5 Å². The molecule has 1 amide bonds. The first kappa shape index (κ1) is 20.4. The first-order valence-electron chi connectivity index (χ1n) is 9.55. The van der Waals surface area contributed by atoms with Crippen LogP contribution in [0.3, 0.4) is 0 Å². The molecule has 1 fully saturated rings. The normalized spacial score (nSPS) is 14.9. The average Bonchev–Trinajstić information content (AvgIpc) is 2.71. The Labute approximate surface area is 169 Å². The van der Waals surface area contributed by atoms with Gasteiger partial charge in [-0.25, -0.2) is 4.68 Å². The topological polar surface area (TPSA) is 67.7 Å². The summed E-state index contributed by atoms with van der Waals surface area (Å²) in [6.45, 7) is 6.59. The Balaban J connectivity index is 1.48. The lowest BCUT2D eigenvalue weighted by Crippen LogP contribution is -2.49. The van der Waals surface area contributed by atoms with Crippen molar-refractivity contribution in [2.75, 3.05) is 39.3 Å². The van der Waals surface area contributed by atoms with E-state index in [1.807, 2.05) is 25.1 Å². The molecule has 2 heterocycles. The number of ether oxygens (including phenoxy) is 1. The summed E-state index contributed by atoms with van der Waals surface area (Å²) in [5, 5.41) is 4.82. The summed E-state index contributed by atoms with van der Waals surface area (Å²) in [7, 11) is 0. The van der Waals surface area contributed by atoms with Crippen molar-refractivity contribution in [3.05, 3.63) is 57.5 Å². The Bertz CT molecular complexity index is 863. The van der Waals surface area contributed by atoms with Gasteiger partial charge < -0.3 is 9.64 Å². The van der Waals surface area contributed by atoms with E-state index >= 15 is 0 Å². The number of para-hydroxylation sites is 1. The molecular formula is C20H25ClN4O3. The molecule has 1 saturated heterocycles. The van der Waals surface area contributed by atoms with Gasteiger partial charge in [-0.1, -0.05) is 30.7 Å². The molecule has 0 unspecified atom stereocenters. The molecule has 0 N–H and O–H groups in total. The van der Waals surface area contributed by atoms with Crippen molar-refractivity contribution in [2.24, 2.45) is 0 Å². The minimum Gasteiger partial charge on any atom is -0.491 e. The summed E-state index contributed by atoms with van der Waals surface area (Å²) in [5.41, 5.74) is 0.144. The smallest absolute Gasteiger partial charge is 0.274 e. The van der Waals surface area contributed by atoms with Gasteiger partial charge in [-0.2, -0.15) is 5.10 Å². The molecule has 3 rings (SSSR count). The summed E-state index contributed by atoms with van der Waals surface area (Å²) in [4.78, 5) is 28.5. The second kappa shape index (κ2) is 9.71. The van der Waals surface area contributed by atoms with Gasteiger partial charge in [0.15, 0.2) is 0 Å². The van der Waals surface area contributed by atoms with Gasteiger partial charge in [0.2, 0.25) is 0 Å². The van der Waals surface area contributed by atoms with Crippen molar-refractivity contribution in [3.8, 4) is 5.75 Å². The number of hydrogen-bond acceptors (Lipinski definition) is 5. The van der Waals surface area contributed by atoms with Crippen molar-refractivity contribution in [2.45, 2.75) is 19.9 Å². The number of aryl methyl sites for hydroxylation is 1. The number of amides is 1. The third kappa shape index (κ3) is 5.11. The van der Waals surface area contributed by atoms with Crippen LogP contribution in [0.15, 0.2) is 41.2 Å². The molecule has 0 radical (unpaired) electrons. The molecule has 28 heavy (non-hydrogen) atoms. The van der Waals surface area contributed by atoms with E-state index in [0.29, 0.717) is 42.7 Å². The van der Waals surface area contributed by atoms with Gasteiger partial charge in [-0.05, 0) is 24.6 Å². The van der Waals surface area contributed by atoms with E-state index in [9.17, 15) is 9.59 Å².